The highest BCUT2D eigenvalue weighted by atomic mass is 32.3. The summed E-state index contributed by atoms with van der Waals surface area (Å²) in [7, 11) is -10.1. The van der Waals surface area contributed by atoms with Gasteiger partial charge >= 0.3 is 20.8 Å². The van der Waals surface area contributed by atoms with Gasteiger partial charge in [0, 0.05) is 12.1 Å². The lowest BCUT2D eigenvalue weighted by molar-refractivity contribution is -0.382. The third-order valence-corrected chi connectivity index (χ3v) is 5.06. The molecule has 0 aliphatic rings. The van der Waals surface area contributed by atoms with Gasteiger partial charge in [-0.25, -0.2) is 18.3 Å². The summed E-state index contributed by atoms with van der Waals surface area (Å²) in [6.07, 6.45) is 5.72. The van der Waals surface area contributed by atoms with Crippen molar-refractivity contribution in [2.75, 3.05) is 0 Å². The van der Waals surface area contributed by atoms with Crippen LogP contribution >= 0.6 is 0 Å². The van der Waals surface area contributed by atoms with Gasteiger partial charge in [-0.15, -0.1) is 0 Å². The van der Waals surface area contributed by atoms with Gasteiger partial charge in [0.1, 0.15) is 0 Å². The van der Waals surface area contributed by atoms with Crippen molar-refractivity contribution < 1.29 is 44.3 Å². The summed E-state index contributed by atoms with van der Waals surface area (Å²) in [5.74, 6) is 0. The minimum absolute atomic E-state index is 0.118. The molecule has 2 atom stereocenters. The van der Waals surface area contributed by atoms with E-state index in [0.717, 1.165) is 0 Å². The Morgan fingerprint density at radius 2 is 1.15 bits per heavy atom. The summed E-state index contributed by atoms with van der Waals surface area (Å²) in [6.45, 7) is 2.39. The summed E-state index contributed by atoms with van der Waals surface area (Å²) < 4.78 is 74.4. The molecule has 0 spiro atoms. The topological polar surface area (TPSA) is 155 Å². The van der Waals surface area contributed by atoms with Crippen LogP contribution in [0.15, 0.2) is 49.1 Å². The Bertz CT molecular complexity index is 885. The van der Waals surface area contributed by atoms with Crippen molar-refractivity contribution >= 4 is 20.8 Å². The predicted molar refractivity (Wildman–Crippen MR) is 86.0 cm³/mol. The van der Waals surface area contributed by atoms with Crippen molar-refractivity contribution in [2.45, 2.75) is 25.0 Å². The first-order valence-electron chi connectivity index (χ1n) is 7.17. The van der Waals surface area contributed by atoms with Gasteiger partial charge in [0.25, 0.3) is 0 Å². The average Bonchev–Trinajstić information content (AvgIpc) is 2.53. The number of H-pyrrole nitrogens is 2. The molecule has 0 radical (unpaired) electrons. The Morgan fingerprint density at radius 1 is 0.808 bits per heavy atom. The van der Waals surface area contributed by atoms with Crippen LogP contribution < -0.4 is 9.97 Å². The zero-order valence-electron chi connectivity index (χ0n) is 13.8. The smallest absolute Gasteiger partial charge is 0.264 e. The number of hydrogen-bond donors (Lipinski definition) is 2. The van der Waals surface area contributed by atoms with Gasteiger partial charge in [0.2, 0.25) is 0 Å². The molecule has 0 saturated heterocycles. The second-order valence-corrected chi connectivity index (χ2v) is 7.72. The van der Waals surface area contributed by atoms with Gasteiger partial charge in [0.05, 0.1) is 11.1 Å². The molecule has 2 aromatic heterocycles. The van der Waals surface area contributed by atoms with E-state index in [0.29, 0.717) is 0 Å². The number of rotatable bonds is 7. The van der Waals surface area contributed by atoms with E-state index in [2.05, 4.69) is 9.97 Å². The van der Waals surface area contributed by atoms with Crippen molar-refractivity contribution in [2.24, 2.45) is 0 Å². The lowest BCUT2D eigenvalue weighted by atomic mass is 9.77. The van der Waals surface area contributed by atoms with Crippen molar-refractivity contribution in [3.8, 4) is 0 Å². The lowest BCUT2D eigenvalue weighted by Gasteiger charge is -2.41. The van der Waals surface area contributed by atoms with E-state index in [1.807, 2.05) is 0 Å². The van der Waals surface area contributed by atoms with Crippen LogP contribution in [0.2, 0.25) is 0 Å². The van der Waals surface area contributed by atoms with Gasteiger partial charge in [0.15, 0.2) is 36.0 Å². The van der Waals surface area contributed by atoms with E-state index in [1.54, 1.807) is 0 Å². The van der Waals surface area contributed by atoms with Crippen LogP contribution in [0.4, 0.5) is 0 Å². The zero-order chi connectivity index (χ0) is 19.6. The second-order valence-electron chi connectivity index (χ2n) is 5.67. The molecule has 0 saturated carbocycles. The van der Waals surface area contributed by atoms with Crippen LogP contribution in [0.1, 0.15) is 25.0 Å². The first-order chi connectivity index (χ1) is 11.9. The fourth-order valence-corrected chi connectivity index (χ4v) is 3.96. The Hall–Kier alpha value is -1.96. The van der Waals surface area contributed by atoms with Crippen LogP contribution in [0.3, 0.4) is 0 Å². The van der Waals surface area contributed by atoms with Crippen LogP contribution in [0, 0.1) is 0 Å². The highest BCUT2D eigenvalue weighted by Gasteiger charge is 2.56. The molecule has 2 heterocycles. The van der Waals surface area contributed by atoms with Crippen molar-refractivity contribution in [1.29, 1.82) is 0 Å². The fraction of sp³-hybridized carbons (Fsp3) is 0.286. The Balaban J connectivity index is 2.82. The SMILES string of the molecule is C[C@](OS(=O)(=O)O)(c1ccc[nH+]c1)[C@](C)(OS(=O)(=O)O)c1ccc[nH+]c1. The summed E-state index contributed by atoms with van der Waals surface area (Å²) in [6, 6.07) is 5.87. The van der Waals surface area contributed by atoms with Crippen LogP contribution in [0.25, 0.3) is 0 Å². The summed E-state index contributed by atoms with van der Waals surface area (Å²) in [4.78, 5) is 5.41. The van der Waals surface area contributed by atoms with Crippen LogP contribution in [-0.2, 0) is 40.4 Å². The van der Waals surface area contributed by atoms with Gasteiger partial charge in [-0.1, -0.05) is 0 Å². The highest BCUT2D eigenvalue weighted by molar-refractivity contribution is 7.81. The lowest BCUT2D eigenvalue weighted by Crippen LogP contribution is -2.51. The Morgan fingerprint density at radius 3 is 1.38 bits per heavy atom. The molecule has 0 bridgehead atoms. The highest BCUT2D eigenvalue weighted by Crippen LogP contribution is 2.47. The van der Waals surface area contributed by atoms with E-state index in [9.17, 15) is 25.9 Å². The molecule has 26 heavy (non-hydrogen) atoms. The fourth-order valence-electron chi connectivity index (χ4n) is 2.61. The first-order valence-corrected chi connectivity index (χ1v) is 9.90. The average molecular weight is 406 g/mol. The number of aromatic amines is 2. The molecule has 4 N–H and O–H groups in total. The Labute approximate surface area is 150 Å². The molecule has 0 unspecified atom stereocenters. The molecule has 12 heteroatoms. The standard InChI is InChI=1S/C14H16N2O8S2/c1-13(23-25(17,18)19,11-5-3-7-15-9-11)14(2,24-26(20,21)22)12-6-4-8-16-10-12/h3-10H,1-2H3,(H,17,18,19)(H,20,21,22)/p+2/t13-,14+. The molecule has 0 aromatic carbocycles. The van der Waals surface area contributed by atoms with E-state index in [-0.39, 0.29) is 11.1 Å². The summed E-state index contributed by atoms with van der Waals surface area (Å²) >= 11 is 0. The van der Waals surface area contributed by atoms with Gasteiger partial charge in [-0.05, 0) is 26.0 Å². The third-order valence-electron chi connectivity index (χ3n) is 3.97. The van der Waals surface area contributed by atoms with Gasteiger partial charge in [-0.3, -0.25) is 9.11 Å². The molecule has 0 amide bonds. The molecule has 2 aromatic rings. The van der Waals surface area contributed by atoms with E-state index < -0.39 is 32.0 Å². The van der Waals surface area contributed by atoms with Crippen molar-refractivity contribution in [1.82, 2.24) is 0 Å². The van der Waals surface area contributed by atoms with Gasteiger partial charge in [-0.2, -0.15) is 16.8 Å². The zero-order valence-corrected chi connectivity index (χ0v) is 15.4. The van der Waals surface area contributed by atoms with Gasteiger partial charge < -0.3 is 0 Å². The molecule has 0 fully saturated rings. The second kappa shape index (κ2) is 6.98. The largest absolute Gasteiger partial charge is 0.398 e. The first kappa shape index (κ1) is 20.4. The van der Waals surface area contributed by atoms with Crippen LogP contribution in [0.5, 0.6) is 0 Å². The normalized spacial score (nSPS) is 17.2. The molecule has 10 nitrogen and oxygen atoms in total. The molecule has 2 rings (SSSR count). The summed E-state index contributed by atoms with van der Waals surface area (Å²) in [5, 5.41) is 0. The number of pyridine rings is 2. The van der Waals surface area contributed by atoms with Crippen molar-refractivity contribution in [3.63, 3.8) is 0 Å². The van der Waals surface area contributed by atoms with E-state index in [4.69, 9.17) is 8.37 Å². The molecule has 0 aliphatic heterocycles. The monoisotopic (exact) mass is 406 g/mol. The van der Waals surface area contributed by atoms with Crippen molar-refractivity contribution in [3.05, 3.63) is 60.2 Å². The minimum Gasteiger partial charge on any atom is -0.264 e. The number of nitrogens with one attached hydrogen (secondary N) is 2. The van der Waals surface area contributed by atoms with E-state index in [1.165, 1.54) is 62.9 Å². The maximum absolute atomic E-state index is 11.5. The molecular formula is C14H18N2O8S2+2. The number of hydrogen-bond acceptors (Lipinski definition) is 6. The Kier molecular flexibility index (Phi) is 5.46. The quantitative estimate of drug-likeness (QED) is 0.613. The maximum Gasteiger partial charge on any atom is 0.398 e. The molecular weight excluding hydrogens is 388 g/mol. The summed E-state index contributed by atoms with van der Waals surface area (Å²) in [5.41, 5.74) is -3.98. The molecule has 142 valence electrons. The van der Waals surface area contributed by atoms with Crippen LogP contribution in [-0.4, -0.2) is 25.9 Å². The number of aromatic nitrogens is 2. The minimum atomic E-state index is -5.06. The molecule has 0 aliphatic carbocycles. The maximum atomic E-state index is 11.5. The predicted octanol–water partition coefficient (Wildman–Crippen LogP) is 0.0842. The van der Waals surface area contributed by atoms with E-state index >= 15 is 0 Å². The third kappa shape index (κ3) is 4.41.